The monoisotopic (exact) mass is 417 g/mol. The molecule has 0 saturated heterocycles. The molecule has 1 aromatic carbocycles. The van der Waals surface area contributed by atoms with Gasteiger partial charge in [-0.3, -0.25) is 0 Å². The van der Waals surface area contributed by atoms with Gasteiger partial charge in [0.2, 0.25) is 0 Å². The van der Waals surface area contributed by atoms with Crippen LogP contribution >= 0.6 is 11.3 Å². The van der Waals surface area contributed by atoms with Gasteiger partial charge in [0.25, 0.3) is 0 Å². The molecule has 0 bridgehead atoms. The first-order chi connectivity index (χ1) is 14.0. The van der Waals surface area contributed by atoms with Gasteiger partial charge in [-0.15, -0.1) is 6.58 Å². The maximum absolute atomic E-state index is 12.8. The molecule has 2 aromatic rings. The molecule has 0 aliphatic heterocycles. The van der Waals surface area contributed by atoms with Gasteiger partial charge in [0.15, 0.2) is 0 Å². The van der Waals surface area contributed by atoms with Crippen LogP contribution in [0.3, 0.4) is 0 Å². The fourth-order valence-corrected chi connectivity index (χ4v) is 3.74. The zero-order chi connectivity index (χ0) is 21.6. The third kappa shape index (κ3) is 9.29. The molecule has 0 spiro atoms. The van der Waals surface area contributed by atoms with E-state index in [0.717, 1.165) is 12.8 Å². The topological polar surface area (TPSA) is 35.6 Å². The van der Waals surface area contributed by atoms with E-state index in [0.29, 0.717) is 13.1 Å². The van der Waals surface area contributed by atoms with E-state index in [1.807, 2.05) is 24.8 Å². The van der Waals surface area contributed by atoms with Crippen molar-refractivity contribution in [2.45, 2.75) is 45.7 Å². The summed E-state index contributed by atoms with van der Waals surface area (Å²) in [4.78, 5) is 16.9. The summed E-state index contributed by atoms with van der Waals surface area (Å²) in [6.07, 6.45) is 3.54. The summed E-state index contributed by atoms with van der Waals surface area (Å²) in [7, 11) is 4.13. The number of thiophene rings is 1. The normalized spacial score (nSPS) is 12.5. The molecule has 2 atom stereocenters. The number of carbonyl (C=O) groups is 1. The van der Waals surface area contributed by atoms with Crippen LogP contribution in [0, 0.1) is 0 Å². The number of nitrogens with zero attached hydrogens (tertiary/aromatic N) is 2. The largest absolute Gasteiger partial charge is 0.335 e. The Kier molecular flexibility index (Phi) is 12.0. The predicted octanol–water partition coefficient (Wildman–Crippen LogP) is 5.32. The van der Waals surface area contributed by atoms with Crippen molar-refractivity contribution in [3.05, 3.63) is 70.9 Å². The lowest BCUT2D eigenvalue weighted by atomic mass is 10.0. The van der Waals surface area contributed by atoms with Gasteiger partial charge in [0.05, 0.1) is 0 Å². The standard InChI is InChI=1S/C22H31N3OS.C2H6.H2/c1-5-12-25(22(26)23-18(2)14-20-11-13-27-17-20)16-21(24(3)4)15-19-9-7-6-8-10-19;1-2;/h5-11,13,17-18,21H,1,12,14-16H2,2-4H3,(H,23,26);1-2H3;1H/t18-,21?;;/m0../s1. The van der Waals surface area contributed by atoms with Crippen LogP contribution < -0.4 is 5.32 Å². The molecule has 162 valence electrons. The number of hydrogen-bond donors (Lipinski definition) is 1. The van der Waals surface area contributed by atoms with Crippen LogP contribution in [-0.2, 0) is 12.8 Å². The molecular formula is C24H39N3OS. The predicted molar refractivity (Wildman–Crippen MR) is 129 cm³/mol. The minimum atomic E-state index is -0.0301. The molecule has 2 amide bonds. The highest BCUT2D eigenvalue weighted by Crippen LogP contribution is 2.11. The Morgan fingerprint density at radius 1 is 1.17 bits per heavy atom. The summed E-state index contributed by atoms with van der Waals surface area (Å²) in [5.74, 6) is 0. The molecule has 0 saturated carbocycles. The number of urea groups is 1. The van der Waals surface area contributed by atoms with Crippen LogP contribution in [0.5, 0.6) is 0 Å². The summed E-state index contributed by atoms with van der Waals surface area (Å²) < 4.78 is 0. The number of likely N-dealkylation sites (N-methyl/N-ethyl adjacent to an activating group) is 1. The molecule has 0 aliphatic rings. The van der Waals surface area contributed by atoms with Gasteiger partial charge in [0, 0.05) is 26.6 Å². The van der Waals surface area contributed by atoms with Gasteiger partial charge in [-0.25, -0.2) is 4.79 Å². The minimum absolute atomic E-state index is 0. The zero-order valence-corrected chi connectivity index (χ0v) is 19.4. The van der Waals surface area contributed by atoms with E-state index in [2.05, 4.69) is 78.9 Å². The Labute approximate surface area is 182 Å². The SMILES string of the molecule is C=CCN(CC(Cc1ccccc1)N(C)C)C(=O)N[C@@H](C)Cc1ccsc1.CC.[HH]. The molecular weight excluding hydrogens is 378 g/mol. The van der Waals surface area contributed by atoms with Crippen LogP contribution in [-0.4, -0.2) is 55.1 Å². The fraction of sp³-hybridized carbons (Fsp3) is 0.458. The van der Waals surface area contributed by atoms with Crippen molar-refractivity contribution >= 4 is 17.4 Å². The maximum Gasteiger partial charge on any atom is 0.317 e. The summed E-state index contributed by atoms with van der Waals surface area (Å²) in [5, 5.41) is 7.34. The van der Waals surface area contributed by atoms with E-state index < -0.39 is 0 Å². The second-order valence-corrected chi connectivity index (χ2v) is 7.97. The summed E-state index contributed by atoms with van der Waals surface area (Å²) in [6, 6.07) is 12.8. The Balaban J connectivity index is 0.00000272. The van der Waals surface area contributed by atoms with Gasteiger partial charge >= 0.3 is 6.03 Å². The van der Waals surface area contributed by atoms with Gasteiger partial charge < -0.3 is 15.1 Å². The highest BCUT2D eigenvalue weighted by Gasteiger charge is 2.21. The van der Waals surface area contributed by atoms with Gasteiger partial charge in [-0.1, -0.05) is 50.3 Å². The highest BCUT2D eigenvalue weighted by atomic mass is 32.1. The smallest absolute Gasteiger partial charge is 0.317 e. The lowest BCUT2D eigenvalue weighted by Crippen LogP contribution is -2.50. The molecule has 1 heterocycles. The van der Waals surface area contributed by atoms with Crippen molar-refractivity contribution in [1.29, 1.82) is 0 Å². The number of carbonyl (C=O) groups excluding carboxylic acids is 1. The lowest BCUT2D eigenvalue weighted by molar-refractivity contribution is 0.174. The van der Waals surface area contributed by atoms with Crippen molar-refractivity contribution in [3.63, 3.8) is 0 Å². The third-order valence-corrected chi connectivity index (χ3v) is 5.34. The van der Waals surface area contributed by atoms with E-state index in [9.17, 15) is 4.79 Å². The van der Waals surface area contributed by atoms with Crippen LogP contribution in [0.1, 0.15) is 33.3 Å². The molecule has 1 N–H and O–H groups in total. The van der Waals surface area contributed by atoms with E-state index in [4.69, 9.17) is 0 Å². The maximum atomic E-state index is 12.8. The molecule has 29 heavy (non-hydrogen) atoms. The molecule has 2 rings (SSSR count). The van der Waals surface area contributed by atoms with Crippen LogP contribution in [0.2, 0.25) is 0 Å². The van der Waals surface area contributed by atoms with Gasteiger partial charge in [-0.2, -0.15) is 11.3 Å². The molecule has 1 aromatic heterocycles. The number of nitrogens with one attached hydrogen (secondary N) is 1. The summed E-state index contributed by atoms with van der Waals surface area (Å²) >= 11 is 1.69. The molecule has 0 aliphatic carbocycles. The fourth-order valence-electron chi connectivity index (χ4n) is 3.06. The number of hydrogen-bond acceptors (Lipinski definition) is 3. The first-order valence-electron chi connectivity index (χ1n) is 10.4. The lowest BCUT2D eigenvalue weighted by Gasteiger charge is -2.32. The minimum Gasteiger partial charge on any atom is -0.335 e. The number of benzene rings is 1. The molecule has 0 fully saturated rings. The quantitative estimate of drug-likeness (QED) is 0.531. The van der Waals surface area contributed by atoms with Crippen LogP contribution in [0.4, 0.5) is 4.79 Å². The average molecular weight is 418 g/mol. The number of rotatable bonds is 10. The van der Waals surface area contributed by atoms with Gasteiger partial charge in [0.1, 0.15) is 0 Å². The highest BCUT2D eigenvalue weighted by molar-refractivity contribution is 7.07. The second kappa shape index (κ2) is 14.0. The van der Waals surface area contributed by atoms with E-state index in [1.165, 1.54) is 11.1 Å². The van der Waals surface area contributed by atoms with Crippen molar-refractivity contribution in [2.75, 3.05) is 27.2 Å². The van der Waals surface area contributed by atoms with E-state index >= 15 is 0 Å². The van der Waals surface area contributed by atoms with Crippen molar-refractivity contribution in [2.24, 2.45) is 0 Å². The second-order valence-electron chi connectivity index (χ2n) is 7.19. The average Bonchev–Trinajstić information content (AvgIpc) is 3.22. The third-order valence-electron chi connectivity index (χ3n) is 4.60. The van der Waals surface area contributed by atoms with Crippen molar-refractivity contribution in [3.8, 4) is 0 Å². The Hall–Kier alpha value is -2.11. The zero-order valence-electron chi connectivity index (χ0n) is 18.6. The molecule has 5 heteroatoms. The first kappa shape index (κ1) is 24.9. The Morgan fingerprint density at radius 2 is 1.86 bits per heavy atom. The van der Waals surface area contributed by atoms with Crippen LogP contribution in [0.25, 0.3) is 0 Å². The van der Waals surface area contributed by atoms with Crippen molar-refractivity contribution < 1.29 is 6.22 Å². The first-order valence-corrected chi connectivity index (χ1v) is 11.3. The summed E-state index contributed by atoms with van der Waals surface area (Å²) in [5.41, 5.74) is 2.54. The summed E-state index contributed by atoms with van der Waals surface area (Å²) in [6.45, 7) is 11.1. The Morgan fingerprint density at radius 3 is 2.41 bits per heavy atom. The number of amides is 2. The molecule has 1 unspecified atom stereocenters. The van der Waals surface area contributed by atoms with E-state index in [1.54, 1.807) is 17.4 Å². The molecule has 4 nitrogen and oxygen atoms in total. The van der Waals surface area contributed by atoms with E-state index in [-0.39, 0.29) is 19.5 Å². The van der Waals surface area contributed by atoms with Crippen molar-refractivity contribution in [1.82, 2.24) is 15.1 Å². The Bertz CT molecular complexity index is 692. The van der Waals surface area contributed by atoms with Crippen LogP contribution in [0.15, 0.2) is 59.8 Å². The van der Waals surface area contributed by atoms with Gasteiger partial charge in [-0.05, 0) is 61.8 Å². The molecule has 0 radical (unpaired) electrons.